The lowest BCUT2D eigenvalue weighted by Gasteiger charge is -2.22. The summed E-state index contributed by atoms with van der Waals surface area (Å²) in [6.45, 7) is 3.91. The van der Waals surface area contributed by atoms with Crippen LogP contribution in [-0.4, -0.2) is 32.0 Å². The summed E-state index contributed by atoms with van der Waals surface area (Å²) in [5.74, 6) is -0.223. The Kier molecular flexibility index (Phi) is 6.74. The molecule has 0 fully saturated rings. The lowest BCUT2D eigenvalue weighted by Crippen LogP contribution is -2.31. The molecule has 0 aliphatic carbocycles. The molecule has 0 aliphatic rings. The van der Waals surface area contributed by atoms with Gasteiger partial charge in [0.1, 0.15) is 0 Å². The summed E-state index contributed by atoms with van der Waals surface area (Å²) in [6.07, 6.45) is 1.42. The van der Waals surface area contributed by atoms with Gasteiger partial charge in [-0.2, -0.15) is 0 Å². The molecule has 0 spiro atoms. The third-order valence-electron chi connectivity index (χ3n) is 4.15. The molecule has 0 heterocycles. The van der Waals surface area contributed by atoms with Crippen LogP contribution in [0, 0.1) is 24.0 Å². The summed E-state index contributed by atoms with van der Waals surface area (Å²) >= 11 is 0. The van der Waals surface area contributed by atoms with Gasteiger partial charge in [-0.05, 0) is 38.0 Å². The predicted octanol–water partition coefficient (Wildman–Crippen LogP) is 3.40. The minimum absolute atomic E-state index is 0.0420. The van der Waals surface area contributed by atoms with Crippen LogP contribution in [0.2, 0.25) is 0 Å². The molecule has 28 heavy (non-hydrogen) atoms. The van der Waals surface area contributed by atoms with E-state index >= 15 is 0 Å². The number of anilines is 2. The molecule has 0 radical (unpaired) electrons. The highest BCUT2D eigenvalue weighted by Gasteiger charge is 2.20. The first kappa shape index (κ1) is 21.4. The zero-order chi connectivity index (χ0) is 20.9. The SMILES string of the molecule is Cc1ccc(NC(=O)CCCN(c2cccc([N+](=O)[O-])c2)S(C)(=O)=O)c(C)c1. The van der Waals surface area contributed by atoms with Crippen molar-refractivity contribution in [2.45, 2.75) is 26.7 Å². The van der Waals surface area contributed by atoms with Crippen molar-refractivity contribution in [1.82, 2.24) is 0 Å². The van der Waals surface area contributed by atoms with Gasteiger partial charge in [0, 0.05) is 30.8 Å². The second kappa shape index (κ2) is 8.83. The number of carbonyl (C=O) groups is 1. The smallest absolute Gasteiger partial charge is 0.271 e. The summed E-state index contributed by atoms with van der Waals surface area (Å²) < 4.78 is 25.3. The molecule has 2 aromatic carbocycles. The second-order valence-corrected chi connectivity index (χ2v) is 8.49. The van der Waals surface area contributed by atoms with E-state index in [0.717, 1.165) is 21.7 Å². The van der Waals surface area contributed by atoms with E-state index in [1.807, 2.05) is 32.0 Å². The summed E-state index contributed by atoms with van der Waals surface area (Å²) in [7, 11) is -3.65. The standard InChI is InChI=1S/C19H23N3O5S/c1-14-9-10-18(15(2)12-14)20-19(23)8-5-11-21(28(3,26)27)16-6-4-7-17(13-16)22(24)25/h4,6-7,9-10,12-13H,5,8,11H2,1-3H3,(H,20,23). The first-order chi connectivity index (χ1) is 13.1. The van der Waals surface area contributed by atoms with Crippen LogP contribution < -0.4 is 9.62 Å². The molecule has 1 amide bonds. The third kappa shape index (κ3) is 5.78. The van der Waals surface area contributed by atoms with E-state index in [1.54, 1.807) is 0 Å². The van der Waals surface area contributed by atoms with Gasteiger partial charge < -0.3 is 5.32 Å². The largest absolute Gasteiger partial charge is 0.326 e. The number of nitro groups is 1. The predicted molar refractivity (Wildman–Crippen MR) is 109 cm³/mol. The molecule has 0 atom stereocenters. The highest BCUT2D eigenvalue weighted by molar-refractivity contribution is 7.92. The first-order valence-corrected chi connectivity index (χ1v) is 10.5. The van der Waals surface area contributed by atoms with Gasteiger partial charge in [-0.3, -0.25) is 19.2 Å². The topological polar surface area (TPSA) is 110 Å². The van der Waals surface area contributed by atoms with Gasteiger partial charge >= 0.3 is 0 Å². The normalized spacial score (nSPS) is 11.1. The van der Waals surface area contributed by atoms with Gasteiger partial charge in [-0.15, -0.1) is 0 Å². The van der Waals surface area contributed by atoms with Gasteiger partial charge in [0.2, 0.25) is 15.9 Å². The van der Waals surface area contributed by atoms with Crippen LogP contribution >= 0.6 is 0 Å². The lowest BCUT2D eigenvalue weighted by atomic mass is 10.1. The van der Waals surface area contributed by atoms with E-state index in [2.05, 4.69) is 5.32 Å². The number of aryl methyl sites for hydroxylation is 2. The summed E-state index contributed by atoms with van der Waals surface area (Å²) in [5.41, 5.74) is 2.76. The maximum Gasteiger partial charge on any atom is 0.271 e. The monoisotopic (exact) mass is 405 g/mol. The number of hydrogen-bond donors (Lipinski definition) is 1. The molecule has 8 nitrogen and oxygen atoms in total. The van der Waals surface area contributed by atoms with E-state index in [-0.39, 0.29) is 36.7 Å². The molecule has 150 valence electrons. The van der Waals surface area contributed by atoms with E-state index in [1.165, 1.54) is 24.3 Å². The zero-order valence-electron chi connectivity index (χ0n) is 16.0. The number of amides is 1. The van der Waals surface area contributed by atoms with Crippen LogP contribution in [0.3, 0.4) is 0 Å². The average molecular weight is 405 g/mol. The Morgan fingerprint density at radius 1 is 1.18 bits per heavy atom. The number of benzene rings is 2. The van der Waals surface area contributed by atoms with Crippen molar-refractivity contribution in [2.75, 3.05) is 22.4 Å². The fraction of sp³-hybridized carbons (Fsp3) is 0.316. The van der Waals surface area contributed by atoms with Gasteiger partial charge in [0.15, 0.2) is 0 Å². The molecule has 0 saturated heterocycles. The summed E-state index contributed by atoms with van der Waals surface area (Å²) in [6, 6.07) is 11.1. The number of nitro benzene ring substituents is 1. The minimum Gasteiger partial charge on any atom is -0.326 e. The molecule has 9 heteroatoms. The highest BCUT2D eigenvalue weighted by atomic mass is 32.2. The van der Waals surface area contributed by atoms with Crippen molar-refractivity contribution in [3.63, 3.8) is 0 Å². The molecular weight excluding hydrogens is 382 g/mol. The molecule has 0 saturated carbocycles. The van der Waals surface area contributed by atoms with E-state index in [0.29, 0.717) is 5.69 Å². The van der Waals surface area contributed by atoms with Crippen LogP contribution in [0.4, 0.5) is 17.1 Å². The van der Waals surface area contributed by atoms with E-state index < -0.39 is 14.9 Å². The number of carbonyl (C=O) groups excluding carboxylic acids is 1. The molecule has 2 aromatic rings. The number of nitrogens with one attached hydrogen (secondary N) is 1. The number of rotatable bonds is 8. The van der Waals surface area contributed by atoms with Crippen molar-refractivity contribution < 1.29 is 18.1 Å². The molecule has 0 unspecified atom stereocenters. The number of sulfonamides is 1. The third-order valence-corrected chi connectivity index (χ3v) is 5.34. The fourth-order valence-corrected chi connectivity index (χ4v) is 3.76. The fourth-order valence-electron chi connectivity index (χ4n) is 2.80. The Labute approximate surface area is 164 Å². The Bertz CT molecular complexity index is 989. The molecule has 0 aromatic heterocycles. The zero-order valence-corrected chi connectivity index (χ0v) is 16.8. The Morgan fingerprint density at radius 2 is 1.89 bits per heavy atom. The van der Waals surface area contributed by atoms with Crippen molar-refractivity contribution in [2.24, 2.45) is 0 Å². The number of non-ortho nitro benzene ring substituents is 1. The molecule has 0 aliphatic heterocycles. The van der Waals surface area contributed by atoms with Gasteiger partial charge in [-0.25, -0.2) is 8.42 Å². The Balaban J connectivity index is 2.03. The van der Waals surface area contributed by atoms with Crippen LogP contribution in [-0.2, 0) is 14.8 Å². The average Bonchev–Trinajstić information content (AvgIpc) is 2.60. The van der Waals surface area contributed by atoms with Gasteiger partial charge in [0.25, 0.3) is 5.69 Å². The van der Waals surface area contributed by atoms with Crippen molar-refractivity contribution in [3.8, 4) is 0 Å². The first-order valence-electron chi connectivity index (χ1n) is 8.67. The van der Waals surface area contributed by atoms with Crippen LogP contribution in [0.15, 0.2) is 42.5 Å². The van der Waals surface area contributed by atoms with Crippen LogP contribution in [0.25, 0.3) is 0 Å². The van der Waals surface area contributed by atoms with Crippen LogP contribution in [0.5, 0.6) is 0 Å². The highest BCUT2D eigenvalue weighted by Crippen LogP contribution is 2.23. The van der Waals surface area contributed by atoms with Crippen molar-refractivity contribution in [3.05, 3.63) is 63.7 Å². The number of nitrogens with zero attached hydrogens (tertiary/aromatic N) is 2. The van der Waals surface area contributed by atoms with Gasteiger partial charge in [0.05, 0.1) is 16.9 Å². The quantitative estimate of drug-likeness (QED) is 0.535. The maximum absolute atomic E-state index is 12.2. The van der Waals surface area contributed by atoms with E-state index in [4.69, 9.17) is 0 Å². The number of hydrogen-bond acceptors (Lipinski definition) is 5. The van der Waals surface area contributed by atoms with Crippen molar-refractivity contribution >= 4 is 33.0 Å². The summed E-state index contributed by atoms with van der Waals surface area (Å²) in [4.78, 5) is 22.5. The molecule has 1 N–H and O–H groups in total. The Hall–Kier alpha value is -2.94. The Morgan fingerprint density at radius 3 is 2.50 bits per heavy atom. The van der Waals surface area contributed by atoms with Crippen LogP contribution in [0.1, 0.15) is 24.0 Å². The molecular formula is C19H23N3O5S. The molecule has 2 rings (SSSR count). The second-order valence-electron chi connectivity index (χ2n) is 6.58. The maximum atomic E-state index is 12.2. The lowest BCUT2D eigenvalue weighted by molar-refractivity contribution is -0.384. The summed E-state index contributed by atoms with van der Waals surface area (Å²) in [5, 5.41) is 13.8. The van der Waals surface area contributed by atoms with Crippen molar-refractivity contribution in [1.29, 1.82) is 0 Å². The molecule has 0 bridgehead atoms. The van der Waals surface area contributed by atoms with Gasteiger partial charge in [-0.1, -0.05) is 23.8 Å². The minimum atomic E-state index is -3.65. The van der Waals surface area contributed by atoms with E-state index in [9.17, 15) is 23.3 Å².